The SMILES string of the molecule is CN=c1scc(-c2ccc(S(=O)(=O)N3CCCC3)cc2)n1C. The summed E-state index contributed by atoms with van der Waals surface area (Å²) in [5.74, 6) is 0. The van der Waals surface area contributed by atoms with E-state index in [-0.39, 0.29) is 0 Å². The molecular formula is C15H19N3O2S2. The van der Waals surface area contributed by atoms with Crippen LogP contribution in [0.15, 0.2) is 39.5 Å². The molecule has 5 nitrogen and oxygen atoms in total. The normalized spacial score (nSPS) is 17.3. The van der Waals surface area contributed by atoms with Crippen molar-refractivity contribution in [1.82, 2.24) is 8.87 Å². The number of sulfonamides is 1. The van der Waals surface area contributed by atoms with Crippen LogP contribution in [0.25, 0.3) is 11.3 Å². The first-order valence-corrected chi connectivity index (χ1v) is 9.54. The smallest absolute Gasteiger partial charge is 0.243 e. The highest BCUT2D eigenvalue weighted by molar-refractivity contribution is 7.89. The molecule has 3 rings (SSSR count). The van der Waals surface area contributed by atoms with E-state index < -0.39 is 10.0 Å². The number of aromatic nitrogens is 1. The molecule has 2 heterocycles. The Morgan fingerprint density at radius 2 is 1.77 bits per heavy atom. The summed E-state index contributed by atoms with van der Waals surface area (Å²) >= 11 is 1.57. The summed E-state index contributed by atoms with van der Waals surface area (Å²) < 4.78 is 28.6. The van der Waals surface area contributed by atoms with Crippen molar-refractivity contribution in [2.75, 3.05) is 20.1 Å². The molecule has 1 fully saturated rings. The van der Waals surface area contributed by atoms with E-state index in [2.05, 4.69) is 4.99 Å². The third-order valence-electron chi connectivity index (χ3n) is 3.97. The average molecular weight is 337 g/mol. The van der Waals surface area contributed by atoms with E-state index >= 15 is 0 Å². The van der Waals surface area contributed by atoms with E-state index in [4.69, 9.17) is 0 Å². The Morgan fingerprint density at radius 1 is 1.14 bits per heavy atom. The van der Waals surface area contributed by atoms with Crippen LogP contribution in [0.1, 0.15) is 12.8 Å². The lowest BCUT2D eigenvalue weighted by molar-refractivity contribution is 0.477. The molecule has 2 aromatic rings. The average Bonchev–Trinajstić information content (AvgIpc) is 3.17. The molecule has 0 N–H and O–H groups in total. The maximum absolute atomic E-state index is 12.5. The first-order chi connectivity index (χ1) is 10.5. The van der Waals surface area contributed by atoms with Crippen molar-refractivity contribution < 1.29 is 8.42 Å². The summed E-state index contributed by atoms with van der Waals surface area (Å²) in [5, 5.41) is 2.03. The predicted molar refractivity (Wildman–Crippen MR) is 88.2 cm³/mol. The van der Waals surface area contributed by atoms with Gasteiger partial charge in [0.1, 0.15) is 0 Å². The van der Waals surface area contributed by atoms with Crippen LogP contribution in [0.4, 0.5) is 0 Å². The number of hydrogen-bond donors (Lipinski definition) is 0. The van der Waals surface area contributed by atoms with E-state index in [1.54, 1.807) is 34.8 Å². The van der Waals surface area contributed by atoms with Gasteiger partial charge in [-0.1, -0.05) is 12.1 Å². The van der Waals surface area contributed by atoms with Gasteiger partial charge in [-0.3, -0.25) is 4.99 Å². The molecule has 118 valence electrons. The third-order valence-corrected chi connectivity index (χ3v) is 6.89. The molecule has 1 aliphatic rings. The molecule has 0 bridgehead atoms. The zero-order valence-corrected chi connectivity index (χ0v) is 14.3. The number of hydrogen-bond acceptors (Lipinski definition) is 4. The van der Waals surface area contributed by atoms with E-state index in [0.29, 0.717) is 18.0 Å². The van der Waals surface area contributed by atoms with Gasteiger partial charge in [0.15, 0.2) is 4.80 Å². The molecule has 0 saturated carbocycles. The highest BCUT2D eigenvalue weighted by Gasteiger charge is 2.26. The Hall–Kier alpha value is -1.44. The van der Waals surface area contributed by atoms with Gasteiger partial charge in [-0.15, -0.1) is 11.3 Å². The molecular weight excluding hydrogens is 318 g/mol. The summed E-state index contributed by atoms with van der Waals surface area (Å²) in [7, 11) is 0.390. The Kier molecular flexibility index (Phi) is 4.20. The van der Waals surface area contributed by atoms with E-state index in [0.717, 1.165) is 28.9 Å². The van der Waals surface area contributed by atoms with E-state index in [1.165, 1.54) is 0 Å². The highest BCUT2D eigenvalue weighted by atomic mass is 32.2. The molecule has 1 aromatic carbocycles. The molecule has 1 aromatic heterocycles. The van der Waals surface area contributed by atoms with Crippen molar-refractivity contribution in [3.05, 3.63) is 34.4 Å². The molecule has 7 heteroatoms. The van der Waals surface area contributed by atoms with Crippen molar-refractivity contribution >= 4 is 21.4 Å². The molecule has 0 atom stereocenters. The fraction of sp³-hybridized carbons (Fsp3) is 0.400. The molecule has 0 unspecified atom stereocenters. The zero-order valence-electron chi connectivity index (χ0n) is 12.7. The molecule has 1 aliphatic heterocycles. The fourth-order valence-corrected chi connectivity index (χ4v) is 5.10. The van der Waals surface area contributed by atoms with Gasteiger partial charge >= 0.3 is 0 Å². The van der Waals surface area contributed by atoms with Crippen LogP contribution in [0.2, 0.25) is 0 Å². The van der Waals surface area contributed by atoms with Gasteiger partial charge in [-0.2, -0.15) is 4.31 Å². The first kappa shape index (κ1) is 15.5. The maximum Gasteiger partial charge on any atom is 0.243 e. The lowest BCUT2D eigenvalue weighted by Gasteiger charge is -2.15. The lowest BCUT2D eigenvalue weighted by Crippen LogP contribution is -2.27. The van der Waals surface area contributed by atoms with Crippen molar-refractivity contribution in [2.45, 2.75) is 17.7 Å². The topological polar surface area (TPSA) is 54.7 Å². The zero-order chi connectivity index (χ0) is 15.7. The van der Waals surface area contributed by atoms with Crippen LogP contribution < -0.4 is 4.80 Å². The number of thiazole rings is 1. The van der Waals surface area contributed by atoms with E-state index in [9.17, 15) is 8.42 Å². The molecule has 22 heavy (non-hydrogen) atoms. The molecule has 0 spiro atoms. The van der Waals surface area contributed by atoms with Crippen molar-refractivity contribution in [3.8, 4) is 11.3 Å². The van der Waals surface area contributed by atoms with Crippen LogP contribution in [0, 0.1) is 0 Å². The minimum Gasteiger partial charge on any atom is -0.320 e. The van der Waals surface area contributed by atoms with Crippen LogP contribution in [-0.4, -0.2) is 37.4 Å². The van der Waals surface area contributed by atoms with Crippen LogP contribution in [0.5, 0.6) is 0 Å². The first-order valence-electron chi connectivity index (χ1n) is 7.22. The van der Waals surface area contributed by atoms with Gasteiger partial charge in [-0.05, 0) is 30.5 Å². The fourth-order valence-electron chi connectivity index (χ4n) is 2.71. The maximum atomic E-state index is 12.5. The summed E-state index contributed by atoms with van der Waals surface area (Å²) in [6, 6.07) is 7.13. The predicted octanol–water partition coefficient (Wildman–Crippen LogP) is 2.07. The minimum atomic E-state index is -3.34. The van der Waals surface area contributed by atoms with Gasteiger partial charge < -0.3 is 4.57 Å². The summed E-state index contributed by atoms with van der Waals surface area (Å²) in [6.45, 7) is 1.26. The Labute approximate surface area is 134 Å². The van der Waals surface area contributed by atoms with Gasteiger partial charge in [0, 0.05) is 32.6 Å². The standard InChI is InChI=1S/C15H19N3O2S2/c1-16-15-17(2)14(11-21-15)12-5-7-13(8-6-12)22(19,20)18-9-3-4-10-18/h5-8,11H,3-4,9-10H2,1-2H3. The second-order valence-corrected chi connectivity index (χ2v) is 8.10. The van der Waals surface area contributed by atoms with Gasteiger partial charge in [-0.25, -0.2) is 8.42 Å². The number of rotatable bonds is 3. The van der Waals surface area contributed by atoms with Gasteiger partial charge in [0.05, 0.1) is 10.6 Å². The number of benzene rings is 1. The Balaban J connectivity index is 1.94. The largest absolute Gasteiger partial charge is 0.320 e. The Morgan fingerprint density at radius 3 is 2.32 bits per heavy atom. The van der Waals surface area contributed by atoms with Crippen molar-refractivity contribution in [1.29, 1.82) is 0 Å². The molecule has 1 saturated heterocycles. The van der Waals surface area contributed by atoms with Crippen LogP contribution in [-0.2, 0) is 17.1 Å². The second-order valence-electron chi connectivity index (χ2n) is 5.32. The van der Waals surface area contributed by atoms with E-state index in [1.807, 2.05) is 29.1 Å². The van der Waals surface area contributed by atoms with Crippen molar-refractivity contribution in [3.63, 3.8) is 0 Å². The molecule has 0 aliphatic carbocycles. The van der Waals surface area contributed by atoms with Gasteiger partial charge in [0.2, 0.25) is 10.0 Å². The molecule has 0 amide bonds. The Bertz CT molecular complexity index is 826. The quantitative estimate of drug-likeness (QED) is 0.861. The molecule has 0 radical (unpaired) electrons. The van der Waals surface area contributed by atoms with Crippen LogP contribution >= 0.6 is 11.3 Å². The summed E-state index contributed by atoms with van der Waals surface area (Å²) in [5.41, 5.74) is 2.03. The third kappa shape index (κ3) is 2.64. The summed E-state index contributed by atoms with van der Waals surface area (Å²) in [6.07, 6.45) is 1.90. The van der Waals surface area contributed by atoms with Crippen LogP contribution in [0.3, 0.4) is 0 Å². The summed E-state index contributed by atoms with van der Waals surface area (Å²) in [4.78, 5) is 5.51. The highest BCUT2D eigenvalue weighted by Crippen LogP contribution is 2.24. The van der Waals surface area contributed by atoms with Crippen molar-refractivity contribution in [2.24, 2.45) is 12.0 Å². The lowest BCUT2D eigenvalue weighted by atomic mass is 10.2. The second kappa shape index (κ2) is 5.98. The minimum absolute atomic E-state index is 0.372. The number of nitrogens with zero attached hydrogens (tertiary/aromatic N) is 3. The monoisotopic (exact) mass is 337 g/mol. The van der Waals surface area contributed by atoms with Gasteiger partial charge in [0.25, 0.3) is 0 Å².